The van der Waals surface area contributed by atoms with Gasteiger partial charge >= 0.3 is 0 Å². The molecule has 0 fully saturated rings. The lowest BCUT2D eigenvalue weighted by Crippen LogP contribution is -2.28. The summed E-state index contributed by atoms with van der Waals surface area (Å²) in [5.74, 6) is -1.40. The van der Waals surface area contributed by atoms with Crippen LogP contribution in [0.25, 0.3) is 10.9 Å². The summed E-state index contributed by atoms with van der Waals surface area (Å²) in [5, 5.41) is 12.8. The van der Waals surface area contributed by atoms with Crippen molar-refractivity contribution in [2.45, 2.75) is 6.10 Å². The second-order valence-corrected chi connectivity index (χ2v) is 6.23. The highest BCUT2D eigenvalue weighted by molar-refractivity contribution is 9.10. The Morgan fingerprint density at radius 3 is 2.79 bits per heavy atom. The Morgan fingerprint density at radius 2 is 2.04 bits per heavy atom. The van der Waals surface area contributed by atoms with E-state index in [0.717, 1.165) is 0 Å². The van der Waals surface area contributed by atoms with Crippen LogP contribution in [0.15, 0.2) is 46.9 Å². The van der Waals surface area contributed by atoms with Crippen molar-refractivity contribution in [2.75, 3.05) is 6.54 Å². The topological polar surface area (TPSA) is 65.1 Å². The molecule has 0 saturated heterocycles. The Labute approximate surface area is 144 Å². The van der Waals surface area contributed by atoms with Crippen molar-refractivity contribution in [3.63, 3.8) is 0 Å². The van der Waals surface area contributed by atoms with Crippen molar-refractivity contribution in [3.8, 4) is 0 Å². The van der Waals surface area contributed by atoms with Gasteiger partial charge in [0.05, 0.1) is 11.6 Å². The fraction of sp³-hybridized carbons (Fsp3) is 0.118. The molecule has 1 aromatic heterocycles. The number of carbonyl (C=O) groups is 1. The van der Waals surface area contributed by atoms with E-state index in [1.54, 1.807) is 12.1 Å². The van der Waals surface area contributed by atoms with Crippen molar-refractivity contribution >= 4 is 32.7 Å². The van der Waals surface area contributed by atoms with Gasteiger partial charge in [-0.05, 0) is 35.9 Å². The molecule has 1 atom stereocenters. The molecule has 3 N–H and O–H groups in total. The van der Waals surface area contributed by atoms with Gasteiger partial charge in [-0.3, -0.25) is 4.79 Å². The average molecular weight is 395 g/mol. The maximum Gasteiger partial charge on any atom is 0.267 e. The number of rotatable bonds is 4. The molecule has 124 valence electrons. The normalized spacial score (nSPS) is 12.3. The third-order valence-corrected chi connectivity index (χ3v) is 4.04. The van der Waals surface area contributed by atoms with Gasteiger partial charge in [0.25, 0.3) is 5.91 Å². The first-order chi connectivity index (χ1) is 11.4. The summed E-state index contributed by atoms with van der Waals surface area (Å²) in [6.07, 6.45) is -1.04. The molecule has 1 unspecified atom stereocenters. The summed E-state index contributed by atoms with van der Waals surface area (Å²) in [7, 11) is 0. The van der Waals surface area contributed by atoms with Crippen LogP contribution >= 0.6 is 15.9 Å². The first kappa shape index (κ1) is 16.6. The van der Waals surface area contributed by atoms with Gasteiger partial charge in [0.15, 0.2) is 0 Å². The highest BCUT2D eigenvalue weighted by Crippen LogP contribution is 2.24. The number of fused-ring (bicyclic) bond motifs is 1. The molecule has 0 bridgehead atoms. The van der Waals surface area contributed by atoms with E-state index in [4.69, 9.17) is 0 Å². The zero-order valence-corrected chi connectivity index (χ0v) is 13.9. The van der Waals surface area contributed by atoms with Crippen LogP contribution in [0.2, 0.25) is 0 Å². The van der Waals surface area contributed by atoms with Crippen LogP contribution in [0, 0.1) is 11.6 Å². The standard InChI is InChI=1S/C17H13BrF2N2O2/c18-10-5-13(20)12-7-15(22-14(12)6-10)17(24)21-8-16(23)9-2-1-3-11(19)4-9/h1-7,16,22-23H,8H2,(H,21,24). The Balaban J connectivity index is 1.72. The van der Waals surface area contributed by atoms with Crippen molar-refractivity contribution in [3.05, 3.63) is 69.8 Å². The van der Waals surface area contributed by atoms with Gasteiger partial charge in [-0.15, -0.1) is 0 Å². The maximum atomic E-state index is 13.8. The number of hydrogen-bond acceptors (Lipinski definition) is 2. The number of nitrogens with one attached hydrogen (secondary N) is 2. The van der Waals surface area contributed by atoms with Crippen LogP contribution in [0.3, 0.4) is 0 Å². The van der Waals surface area contributed by atoms with Crippen LogP contribution in [-0.4, -0.2) is 22.5 Å². The lowest BCUT2D eigenvalue weighted by Gasteiger charge is -2.11. The van der Waals surface area contributed by atoms with Gasteiger partial charge in [-0.2, -0.15) is 0 Å². The smallest absolute Gasteiger partial charge is 0.267 e. The number of aliphatic hydroxyl groups excluding tert-OH is 1. The molecule has 0 aliphatic carbocycles. The maximum absolute atomic E-state index is 13.8. The Hall–Kier alpha value is -2.25. The fourth-order valence-corrected chi connectivity index (χ4v) is 2.83. The number of aromatic nitrogens is 1. The highest BCUT2D eigenvalue weighted by Gasteiger charge is 2.15. The Bertz CT molecular complexity index is 911. The molecular weight excluding hydrogens is 382 g/mol. The van der Waals surface area contributed by atoms with E-state index in [2.05, 4.69) is 26.2 Å². The average Bonchev–Trinajstić information content (AvgIpc) is 2.96. The molecule has 0 aliphatic rings. The largest absolute Gasteiger partial charge is 0.387 e. The second kappa shape index (κ2) is 6.70. The predicted molar refractivity (Wildman–Crippen MR) is 89.6 cm³/mol. The van der Waals surface area contributed by atoms with E-state index in [0.29, 0.717) is 20.9 Å². The van der Waals surface area contributed by atoms with Gasteiger partial charge in [0.1, 0.15) is 17.3 Å². The molecule has 0 spiro atoms. The summed E-state index contributed by atoms with van der Waals surface area (Å²) in [6, 6.07) is 9.89. The molecule has 0 saturated carbocycles. The third-order valence-electron chi connectivity index (χ3n) is 3.59. The Morgan fingerprint density at radius 1 is 1.25 bits per heavy atom. The number of carbonyl (C=O) groups excluding carboxylic acids is 1. The van der Waals surface area contributed by atoms with Gasteiger partial charge in [0.2, 0.25) is 0 Å². The number of H-pyrrole nitrogens is 1. The van der Waals surface area contributed by atoms with Gasteiger partial charge in [0, 0.05) is 16.4 Å². The first-order valence-corrected chi connectivity index (χ1v) is 7.93. The van der Waals surface area contributed by atoms with Crippen LogP contribution in [-0.2, 0) is 0 Å². The molecule has 1 amide bonds. The predicted octanol–water partition coefficient (Wildman–Crippen LogP) is 3.67. The van der Waals surface area contributed by atoms with E-state index in [1.807, 2.05) is 0 Å². The monoisotopic (exact) mass is 394 g/mol. The molecule has 24 heavy (non-hydrogen) atoms. The summed E-state index contributed by atoms with van der Waals surface area (Å²) in [5.41, 5.74) is 1.02. The number of benzene rings is 2. The zero-order valence-electron chi connectivity index (χ0n) is 12.3. The van der Waals surface area contributed by atoms with Gasteiger partial charge < -0.3 is 15.4 Å². The summed E-state index contributed by atoms with van der Waals surface area (Å²) < 4.78 is 27.5. The van der Waals surface area contributed by atoms with Crippen LogP contribution in [0.5, 0.6) is 0 Å². The molecule has 1 heterocycles. The first-order valence-electron chi connectivity index (χ1n) is 7.13. The zero-order chi connectivity index (χ0) is 17.3. The molecular formula is C17H13BrF2N2O2. The van der Waals surface area contributed by atoms with Crippen LogP contribution in [0.4, 0.5) is 8.78 Å². The van der Waals surface area contributed by atoms with Crippen LogP contribution in [0.1, 0.15) is 22.2 Å². The summed E-state index contributed by atoms with van der Waals surface area (Å²) >= 11 is 3.19. The number of hydrogen-bond donors (Lipinski definition) is 3. The minimum Gasteiger partial charge on any atom is -0.387 e. The summed E-state index contributed by atoms with van der Waals surface area (Å²) in [6.45, 7) is -0.0934. The van der Waals surface area contributed by atoms with Crippen LogP contribution < -0.4 is 5.32 Å². The van der Waals surface area contributed by atoms with E-state index < -0.39 is 23.6 Å². The molecule has 7 heteroatoms. The lowest BCUT2D eigenvalue weighted by atomic mass is 10.1. The van der Waals surface area contributed by atoms with Gasteiger partial charge in [-0.25, -0.2) is 8.78 Å². The molecule has 4 nitrogen and oxygen atoms in total. The number of halogens is 3. The van der Waals surface area contributed by atoms with E-state index >= 15 is 0 Å². The summed E-state index contributed by atoms with van der Waals surface area (Å²) in [4.78, 5) is 15.0. The highest BCUT2D eigenvalue weighted by atomic mass is 79.9. The second-order valence-electron chi connectivity index (χ2n) is 5.31. The third kappa shape index (κ3) is 3.47. The van der Waals surface area contributed by atoms with Gasteiger partial charge in [-0.1, -0.05) is 28.1 Å². The van der Waals surface area contributed by atoms with E-state index in [-0.39, 0.29) is 12.2 Å². The van der Waals surface area contributed by atoms with E-state index in [1.165, 1.54) is 30.3 Å². The van der Waals surface area contributed by atoms with Crippen molar-refractivity contribution in [1.82, 2.24) is 10.3 Å². The fourth-order valence-electron chi connectivity index (χ4n) is 2.40. The lowest BCUT2D eigenvalue weighted by molar-refractivity contribution is 0.0912. The molecule has 2 aromatic carbocycles. The number of aromatic amines is 1. The molecule has 3 rings (SSSR count). The van der Waals surface area contributed by atoms with Crippen molar-refractivity contribution < 1.29 is 18.7 Å². The van der Waals surface area contributed by atoms with Crippen molar-refractivity contribution in [2.24, 2.45) is 0 Å². The van der Waals surface area contributed by atoms with E-state index in [9.17, 15) is 18.7 Å². The molecule has 0 aliphatic heterocycles. The van der Waals surface area contributed by atoms with Crippen molar-refractivity contribution in [1.29, 1.82) is 0 Å². The minimum atomic E-state index is -1.04. The number of amides is 1. The minimum absolute atomic E-state index is 0.0934. The SMILES string of the molecule is O=C(NCC(O)c1cccc(F)c1)c1cc2c(F)cc(Br)cc2[nH]1. The molecule has 0 radical (unpaired) electrons. The number of aliphatic hydroxyl groups is 1. The molecule has 3 aromatic rings. The quantitative estimate of drug-likeness (QED) is 0.631. The Kier molecular flexibility index (Phi) is 4.64.